The van der Waals surface area contributed by atoms with Gasteiger partial charge in [-0.05, 0) is 43.0 Å². The first-order valence-corrected chi connectivity index (χ1v) is 12.8. The normalized spacial score (nSPS) is 14.9. The van der Waals surface area contributed by atoms with Crippen LogP contribution in [0.5, 0.6) is 0 Å². The van der Waals surface area contributed by atoms with Crippen LogP contribution in [0.15, 0.2) is 60.8 Å². The van der Waals surface area contributed by atoms with Gasteiger partial charge in [0.25, 0.3) is 5.91 Å². The summed E-state index contributed by atoms with van der Waals surface area (Å²) in [5.74, 6) is -2.82. The molecule has 1 aliphatic carbocycles. The summed E-state index contributed by atoms with van der Waals surface area (Å²) in [4.78, 5) is 29.5. The molecule has 0 unspecified atom stereocenters. The Balaban J connectivity index is 1.54. The maximum Gasteiger partial charge on any atom is 0.305 e. The fraction of sp³-hybridized carbons (Fsp3) is 0.310. The van der Waals surface area contributed by atoms with Gasteiger partial charge in [0.15, 0.2) is 5.65 Å². The number of amides is 1. The van der Waals surface area contributed by atoms with E-state index in [2.05, 4.69) is 15.4 Å². The van der Waals surface area contributed by atoms with E-state index in [4.69, 9.17) is 0 Å². The number of rotatable bonds is 8. The first-order chi connectivity index (χ1) is 18.4. The number of fused-ring (bicyclic) bond motifs is 1. The minimum Gasteiger partial charge on any atom is -0.481 e. The molecular formula is C29H28F2N4O3. The number of carboxylic acids is 1. The van der Waals surface area contributed by atoms with Gasteiger partial charge in [0.1, 0.15) is 17.2 Å². The molecule has 2 N–H and O–H groups in total. The highest BCUT2D eigenvalue weighted by molar-refractivity contribution is 6.00. The Labute approximate surface area is 218 Å². The fourth-order valence-corrected chi connectivity index (χ4v) is 5.22. The Morgan fingerprint density at radius 1 is 1.05 bits per heavy atom. The van der Waals surface area contributed by atoms with Crippen molar-refractivity contribution in [3.63, 3.8) is 0 Å². The number of aromatic nitrogens is 3. The molecule has 2 aromatic heterocycles. The smallest absolute Gasteiger partial charge is 0.305 e. The van der Waals surface area contributed by atoms with Crippen LogP contribution in [0.1, 0.15) is 66.1 Å². The third-order valence-corrected chi connectivity index (χ3v) is 7.06. The largest absolute Gasteiger partial charge is 0.481 e. The van der Waals surface area contributed by atoms with Gasteiger partial charge >= 0.3 is 5.97 Å². The topological polar surface area (TPSA) is 96.6 Å². The minimum atomic E-state index is -1.03. The van der Waals surface area contributed by atoms with Gasteiger partial charge in [0.2, 0.25) is 0 Å². The van der Waals surface area contributed by atoms with Crippen LogP contribution in [0.3, 0.4) is 0 Å². The van der Waals surface area contributed by atoms with E-state index in [9.17, 15) is 23.5 Å². The molecule has 9 heteroatoms. The molecule has 38 heavy (non-hydrogen) atoms. The molecule has 1 aliphatic rings. The predicted octanol–water partition coefficient (Wildman–Crippen LogP) is 5.54. The molecule has 196 valence electrons. The van der Waals surface area contributed by atoms with E-state index in [0.717, 1.165) is 49.4 Å². The summed E-state index contributed by atoms with van der Waals surface area (Å²) in [7, 11) is 0. The number of nitrogens with one attached hydrogen (secondary N) is 1. The third-order valence-electron chi connectivity index (χ3n) is 7.06. The highest BCUT2D eigenvalue weighted by Crippen LogP contribution is 2.35. The van der Waals surface area contributed by atoms with Crippen LogP contribution in [-0.4, -0.2) is 37.6 Å². The SMILES string of the molecule is O=C(O)C[C@@H](Cc1ccccc1)NC(=O)c1cnn2c(C3CCCCC3)cc(-c3ccc(F)cc3F)nc12. The highest BCUT2D eigenvalue weighted by atomic mass is 19.1. The number of carbonyl (C=O) groups is 2. The Hall–Kier alpha value is -4.14. The summed E-state index contributed by atoms with van der Waals surface area (Å²) in [5, 5.41) is 16.7. The van der Waals surface area contributed by atoms with Crippen molar-refractivity contribution in [1.29, 1.82) is 0 Å². The highest BCUT2D eigenvalue weighted by Gasteiger charge is 2.26. The third kappa shape index (κ3) is 5.56. The van der Waals surface area contributed by atoms with Crippen molar-refractivity contribution in [2.24, 2.45) is 0 Å². The van der Waals surface area contributed by atoms with E-state index >= 15 is 0 Å². The molecule has 1 fully saturated rings. The molecule has 2 aromatic carbocycles. The average Bonchev–Trinajstić information content (AvgIpc) is 3.33. The van der Waals surface area contributed by atoms with Crippen molar-refractivity contribution in [2.75, 3.05) is 0 Å². The van der Waals surface area contributed by atoms with Crippen LogP contribution in [0.2, 0.25) is 0 Å². The Morgan fingerprint density at radius 3 is 2.53 bits per heavy atom. The second kappa shape index (κ2) is 11.1. The molecule has 1 amide bonds. The number of nitrogens with zero attached hydrogens (tertiary/aromatic N) is 3. The standard InChI is InChI=1S/C29H28F2N4O3/c30-20-11-12-22(24(31)14-20)25-16-26(19-9-5-2-6-10-19)35-28(34-25)23(17-32-35)29(38)33-21(15-27(36)37)13-18-7-3-1-4-8-18/h1,3-4,7-8,11-12,14,16-17,19,21H,2,5-6,9-10,13,15H2,(H,33,38)(H,36,37)/t21-/m1/s1. The molecule has 0 bridgehead atoms. The molecule has 0 radical (unpaired) electrons. The van der Waals surface area contributed by atoms with Crippen molar-refractivity contribution in [1.82, 2.24) is 19.9 Å². The van der Waals surface area contributed by atoms with Crippen LogP contribution in [0, 0.1) is 11.6 Å². The van der Waals surface area contributed by atoms with Crippen LogP contribution < -0.4 is 5.32 Å². The summed E-state index contributed by atoms with van der Waals surface area (Å²) >= 11 is 0. The van der Waals surface area contributed by atoms with Gasteiger partial charge in [0.05, 0.1) is 18.3 Å². The zero-order valence-corrected chi connectivity index (χ0v) is 20.7. The van der Waals surface area contributed by atoms with E-state index < -0.39 is 29.6 Å². The number of aliphatic carboxylic acids is 1. The van der Waals surface area contributed by atoms with Crippen LogP contribution in [0.4, 0.5) is 8.78 Å². The Kier molecular flexibility index (Phi) is 7.44. The second-order valence-electron chi connectivity index (χ2n) is 9.78. The summed E-state index contributed by atoms with van der Waals surface area (Å²) in [6.07, 6.45) is 6.61. The van der Waals surface area contributed by atoms with E-state index in [1.165, 1.54) is 18.3 Å². The number of hydrogen-bond donors (Lipinski definition) is 2. The number of hydrogen-bond acceptors (Lipinski definition) is 4. The van der Waals surface area contributed by atoms with Crippen molar-refractivity contribution in [2.45, 2.75) is 56.9 Å². The quantitative estimate of drug-likeness (QED) is 0.319. The summed E-state index contributed by atoms with van der Waals surface area (Å²) in [5.41, 5.74) is 2.54. The van der Waals surface area contributed by atoms with Gasteiger partial charge < -0.3 is 10.4 Å². The Bertz CT molecular complexity index is 1470. The van der Waals surface area contributed by atoms with Crippen molar-refractivity contribution >= 4 is 17.5 Å². The first-order valence-electron chi connectivity index (χ1n) is 12.8. The molecule has 0 saturated heterocycles. The lowest BCUT2D eigenvalue weighted by Gasteiger charge is -2.23. The number of halogens is 2. The molecule has 1 atom stereocenters. The molecule has 2 heterocycles. The predicted molar refractivity (Wildman–Crippen MR) is 138 cm³/mol. The van der Waals surface area contributed by atoms with E-state index in [0.29, 0.717) is 6.42 Å². The molecule has 0 spiro atoms. The van der Waals surface area contributed by atoms with Crippen molar-refractivity contribution in [3.8, 4) is 11.3 Å². The van der Waals surface area contributed by atoms with Crippen molar-refractivity contribution in [3.05, 3.63) is 89.2 Å². The number of carbonyl (C=O) groups excluding carboxylic acids is 1. The lowest BCUT2D eigenvalue weighted by Crippen LogP contribution is -2.38. The van der Waals surface area contributed by atoms with Gasteiger partial charge in [-0.3, -0.25) is 9.59 Å². The average molecular weight is 519 g/mol. The minimum absolute atomic E-state index is 0.131. The van der Waals surface area contributed by atoms with Crippen molar-refractivity contribution < 1.29 is 23.5 Å². The zero-order chi connectivity index (χ0) is 26.6. The zero-order valence-electron chi connectivity index (χ0n) is 20.7. The van der Waals surface area contributed by atoms with Crippen LogP contribution in [-0.2, 0) is 11.2 Å². The van der Waals surface area contributed by atoms with Gasteiger partial charge in [0, 0.05) is 29.3 Å². The van der Waals surface area contributed by atoms with Crippen LogP contribution >= 0.6 is 0 Å². The van der Waals surface area contributed by atoms with Gasteiger partial charge in [-0.2, -0.15) is 5.10 Å². The molecule has 4 aromatic rings. The second-order valence-corrected chi connectivity index (χ2v) is 9.78. The summed E-state index contributed by atoms with van der Waals surface area (Å²) < 4.78 is 30.0. The molecule has 0 aliphatic heterocycles. The van der Waals surface area contributed by atoms with E-state index in [-0.39, 0.29) is 34.8 Å². The lowest BCUT2D eigenvalue weighted by molar-refractivity contribution is -0.137. The maximum atomic E-state index is 14.8. The fourth-order valence-electron chi connectivity index (χ4n) is 5.22. The molecular weight excluding hydrogens is 490 g/mol. The summed E-state index contributed by atoms with van der Waals surface area (Å²) in [6, 6.07) is 13.8. The van der Waals surface area contributed by atoms with Gasteiger partial charge in [-0.25, -0.2) is 18.3 Å². The van der Waals surface area contributed by atoms with Crippen LogP contribution in [0.25, 0.3) is 16.9 Å². The summed E-state index contributed by atoms with van der Waals surface area (Å²) in [6.45, 7) is 0. The first kappa shape index (κ1) is 25.5. The van der Waals surface area contributed by atoms with Gasteiger partial charge in [-0.1, -0.05) is 49.6 Å². The van der Waals surface area contributed by atoms with E-state index in [1.54, 1.807) is 10.6 Å². The number of carboxylic acid groups (broad SMARTS) is 1. The number of benzene rings is 2. The van der Waals surface area contributed by atoms with Gasteiger partial charge in [-0.15, -0.1) is 0 Å². The maximum absolute atomic E-state index is 14.8. The molecule has 5 rings (SSSR count). The molecule has 7 nitrogen and oxygen atoms in total. The molecule has 1 saturated carbocycles. The lowest BCUT2D eigenvalue weighted by atomic mass is 9.86. The van der Waals surface area contributed by atoms with E-state index in [1.807, 2.05) is 30.3 Å². The monoisotopic (exact) mass is 518 g/mol. The Morgan fingerprint density at radius 2 is 1.82 bits per heavy atom.